The number of pyridine rings is 1. The van der Waals surface area contributed by atoms with Gasteiger partial charge in [0, 0.05) is 35.4 Å². The molecule has 0 spiro atoms. The Morgan fingerprint density at radius 3 is 2.61 bits per heavy atom. The first-order valence-corrected chi connectivity index (χ1v) is 7.58. The molecule has 3 nitrogen and oxygen atoms in total. The summed E-state index contributed by atoms with van der Waals surface area (Å²) >= 11 is 0. The molecule has 2 aromatic heterocycles. The summed E-state index contributed by atoms with van der Waals surface area (Å²) < 4.78 is 15.2. The number of H-pyrrole nitrogens is 1. The predicted octanol–water partition coefficient (Wildman–Crippen LogP) is 4.31. The summed E-state index contributed by atoms with van der Waals surface area (Å²) in [5.41, 5.74) is 3.30. The molecule has 4 heteroatoms. The van der Waals surface area contributed by atoms with Crippen LogP contribution in [-0.4, -0.2) is 9.55 Å². The Hall–Kier alpha value is -2.88. The molecule has 0 bridgehead atoms. The molecule has 0 aliphatic rings. The highest BCUT2D eigenvalue weighted by atomic mass is 19.1. The van der Waals surface area contributed by atoms with Gasteiger partial charge in [0.15, 0.2) is 5.43 Å². The first-order chi connectivity index (χ1) is 11.2. The maximum atomic E-state index is 13.1. The summed E-state index contributed by atoms with van der Waals surface area (Å²) in [5, 5.41) is 1.65. The molecule has 0 amide bonds. The molecule has 23 heavy (non-hydrogen) atoms. The molecule has 0 aliphatic carbocycles. The molecular weight excluding hydrogens is 291 g/mol. The van der Waals surface area contributed by atoms with Gasteiger partial charge in [-0.1, -0.05) is 0 Å². The number of nitrogens with zero attached hydrogens (tertiary/aromatic N) is 1. The van der Waals surface area contributed by atoms with Crippen LogP contribution in [0.3, 0.4) is 0 Å². The van der Waals surface area contributed by atoms with Crippen molar-refractivity contribution in [3.63, 3.8) is 0 Å². The molecule has 0 unspecified atom stereocenters. The zero-order valence-corrected chi connectivity index (χ0v) is 12.6. The fraction of sp³-hybridized carbons (Fsp3) is 0.105. The monoisotopic (exact) mass is 306 g/mol. The number of rotatable bonds is 2. The van der Waals surface area contributed by atoms with E-state index in [1.807, 2.05) is 24.4 Å². The van der Waals surface area contributed by atoms with Crippen molar-refractivity contribution in [1.29, 1.82) is 0 Å². The number of hydrogen-bond donors (Lipinski definition) is 1. The first-order valence-electron chi connectivity index (χ1n) is 7.58. The lowest BCUT2D eigenvalue weighted by atomic mass is 10.1. The second-order valence-corrected chi connectivity index (χ2v) is 5.58. The van der Waals surface area contributed by atoms with Gasteiger partial charge in [0.25, 0.3) is 0 Å². The topological polar surface area (TPSA) is 37.8 Å². The largest absolute Gasteiger partial charge is 0.354 e. The highest BCUT2D eigenvalue weighted by molar-refractivity contribution is 6.05. The van der Waals surface area contributed by atoms with E-state index >= 15 is 0 Å². The molecule has 2 heterocycles. The van der Waals surface area contributed by atoms with E-state index in [2.05, 4.69) is 16.5 Å². The quantitative estimate of drug-likeness (QED) is 0.589. The Morgan fingerprint density at radius 1 is 1.09 bits per heavy atom. The van der Waals surface area contributed by atoms with Crippen LogP contribution in [0, 0.1) is 5.82 Å². The Bertz CT molecular complexity index is 1070. The van der Waals surface area contributed by atoms with E-state index in [0.29, 0.717) is 11.1 Å². The minimum atomic E-state index is -0.292. The molecule has 0 saturated carbocycles. The van der Waals surface area contributed by atoms with Crippen molar-refractivity contribution in [3.05, 3.63) is 70.8 Å². The number of aryl methyl sites for hydroxylation is 1. The van der Waals surface area contributed by atoms with E-state index < -0.39 is 0 Å². The minimum absolute atomic E-state index is 0.0301. The standard InChI is InChI=1S/C19H15FN2O/c1-2-22-10-9-14-17(22)8-7-15-19(14)18(23)11-16(21-15)12-3-5-13(20)6-4-12/h3-11H,2H2,1H3,(H,21,23). The molecular formula is C19H15FN2O. The Morgan fingerprint density at radius 2 is 1.87 bits per heavy atom. The van der Waals surface area contributed by atoms with E-state index in [-0.39, 0.29) is 11.2 Å². The van der Waals surface area contributed by atoms with Gasteiger partial charge in [0.2, 0.25) is 0 Å². The van der Waals surface area contributed by atoms with Crippen molar-refractivity contribution in [2.24, 2.45) is 0 Å². The van der Waals surface area contributed by atoms with E-state index in [1.54, 1.807) is 18.2 Å². The van der Waals surface area contributed by atoms with Gasteiger partial charge >= 0.3 is 0 Å². The van der Waals surface area contributed by atoms with Gasteiger partial charge in [-0.05, 0) is 55.0 Å². The van der Waals surface area contributed by atoms with E-state index in [9.17, 15) is 9.18 Å². The number of benzene rings is 2. The molecule has 4 rings (SSSR count). The van der Waals surface area contributed by atoms with Crippen LogP contribution < -0.4 is 5.43 Å². The van der Waals surface area contributed by atoms with Crippen LogP contribution in [0.2, 0.25) is 0 Å². The average molecular weight is 306 g/mol. The summed E-state index contributed by atoms with van der Waals surface area (Å²) in [4.78, 5) is 15.9. The minimum Gasteiger partial charge on any atom is -0.354 e. The van der Waals surface area contributed by atoms with Gasteiger partial charge in [-0.2, -0.15) is 0 Å². The SMILES string of the molecule is CCn1ccc2c3c(=O)cc(-c4ccc(F)cc4)[nH]c3ccc21. The fourth-order valence-electron chi connectivity index (χ4n) is 3.09. The van der Waals surface area contributed by atoms with Crippen LogP contribution in [-0.2, 0) is 6.54 Å². The average Bonchev–Trinajstić information content (AvgIpc) is 2.98. The number of hydrogen-bond acceptors (Lipinski definition) is 1. The Labute approximate surface area is 132 Å². The highest BCUT2D eigenvalue weighted by Gasteiger charge is 2.10. The van der Waals surface area contributed by atoms with Gasteiger partial charge in [0.05, 0.1) is 10.9 Å². The van der Waals surface area contributed by atoms with Crippen LogP contribution >= 0.6 is 0 Å². The van der Waals surface area contributed by atoms with Crippen LogP contribution in [0.25, 0.3) is 33.1 Å². The van der Waals surface area contributed by atoms with Crippen LogP contribution in [0.5, 0.6) is 0 Å². The van der Waals surface area contributed by atoms with Gasteiger partial charge in [-0.3, -0.25) is 4.79 Å². The summed E-state index contributed by atoms with van der Waals surface area (Å²) in [5.74, 6) is -0.292. The lowest BCUT2D eigenvalue weighted by Gasteiger charge is -2.07. The maximum Gasteiger partial charge on any atom is 0.190 e. The zero-order chi connectivity index (χ0) is 16.0. The fourth-order valence-corrected chi connectivity index (χ4v) is 3.09. The summed E-state index contributed by atoms with van der Waals surface area (Å²) in [6, 6.07) is 13.6. The second-order valence-electron chi connectivity index (χ2n) is 5.58. The molecule has 1 N–H and O–H groups in total. The summed E-state index contributed by atoms with van der Waals surface area (Å²) in [6.07, 6.45) is 2.00. The maximum absolute atomic E-state index is 13.1. The Kier molecular flexibility index (Phi) is 3.05. The van der Waals surface area contributed by atoms with Crippen LogP contribution in [0.4, 0.5) is 4.39 Å². The highest BCUT2D eigenvalue weighted by Crippen LogP contribution is 2.25. The van der Waals surface area contributed by atoms with E-state index in [4.69, 9.17) is 0 Å². The molecule has 4 aromatic rings. The first kappa shape index (κ1) is 13.8. The van der Waals surface area contributed by atoms with Crippen LogP contribution in [0.15, 0.2) is 59.5 Å². The smallest absolute Gasteiger partial charge is 0.190 e. The third-order valence-corrected chi connectivity index (χ3v) is 4.24. The molecule has 0 fully saturated rings. The Balaban J connectivity index is 2.00. The normalized spacial score (nSPS) is 11.4. The van der Waals surface area contributed by atoms with Crippen molar-refractivity contribution in [3.8, 4) is 11.3 Å². The molecule has 2 aromatic carbocycles. The lowest BCUT2D eigenvalue weighted by molar-refractivity contribution is 0.628. The van der Waals surface area contributed by atoms with Crippen molar-refractivity contribution in [2.45, 2.75) is 13.5 Å². The van der Waals surface area contributed by atoms with Crippen molar-refractivity contribution >= 4 is 21.8 Å². The zero-order valence-electron chi connectivity index (χ0n) is 12.6. The van der Waals surface area contributed by atoms with Crippen molar-refractivity contribution < 1.29 is 4.39 Å². The second kappa shape index (κ2) is 5.09. The number of nitrogens with one attached hydrogen (secondary N) is 1. The number of aromatic nitrogens is 2. The van der Waals surface area contributed by atoms with Gasteiger partial charge in [-0.15, -0.1) is 0 Å². The molecule has 114 valence electrons. The van der Waals surface area contributed by atoms with Crippen molar-refractivity contribution in [1.82, 2.24) is 9.55 Å². The van der Waals surface area contributed by atoms with Crippen molar-refractivity contribution in [2.75, 3.05) is 0 Å². The third kappa shape index (κ3) is 2.14. The summed E-state index contributed by atoms with van der Waals surface area (Å²) in [6.45, 7) is 2.94. The summed E-state index contributed by atoms with van der Waals surface area (Å²) in [7, 11) is 0. The van der Waals surface area contributed by atoms with Gasteiger partial charge in [0.1, 0.15) is 5.82 Å². The number of aromatic amines is 1. The van der Waals surface area contributed by atoms with Gasteiger partial charge < -0.3 is 9.55 Å². The molecule has 0 atom stereocenters. The number of fused-ring (bicyclic) bond motifs is 3. The molecule has 0 radical (unpaired) electrons. The predicted molar refractivity (Wildman–Crippen MR) is 91.1 cm³/mol. The molecule has 0 saturated heterocycles. The molecule has 0 aliphatic heterocycles. The third-order valence-electron chi connectivity index (χ3n) is 4.24. The van der Waals surface area contributed by atoms with Crippen LogP contribution in [0.1, 0.15) is 6.92 Å². The van der Waals surface area contributed by atoms with E-state index in [0.717, 1.165) is 28.5 Å². The number of halogens is 1. The lowest BCUT2D eigenvalue weighted by Crippen LogP contribution is -2.03. The van der Waals surface area contributed by atoms with Gasteiger partial charge in [-0.25, -0.2) is 4.39 Å². The van der Waals surface area contributed by atoms with E-state index in [1.165, 1.54) is 12.1 Å².